The van der Waals surface area contributed by atoms with E-state index in [0.717, 1.165) is 41.1 Å². The zero-order chi connectivity index (χ0) is 19.2. The van der Waals surface area contributed by atoms with Crippen LogP contribution in [0.5, 0.6) is 0 Å². The van der Waals surface area contributed by atoms with Gasteiger partial charge in [-0.2, -0.15) is 0 Å². The van der Waals surface area contributed by atoms with Crippen LogP contribution >= 0.6 is 11.8 Å². The van der Waals surface area contributed by atoms with Crippen molar-refractivity contribution in [2.45, 2.75) is 71.0 Å². The maximum absolute atomic E-state index is 12.4. The number of anilines is 1. The molecule has 0 aliphatic heterocycles. The van der Waals surface area contributed by atoms with Crippen LogP contribution in [0.3, 0.4) is 0 Å². The summed E-state index contributed by atoms with van der Waals surface area (Å²) in [4.78, 5) is 12.4. The van der Waals surface area contributed by atoms with E-state index in [9.17, 15) is 4.79 Å². The average molecular weight is 387 g/mol. The fraction of sp³-hybridized carbons (Fsp3) is 0.571. The first-order valence-electron chi connectivity index (χ1n) is 9.98. The van der Waals surface area contributed by atoms with E-state index >= 15 is 0 Å². The van der Waals surface area contributed by atoms with Gasteiger partial charge in [0, 0.05) is 18.7 Å². The van der Waals surface area contributed by atoms with Crippen LogP contribution in [-0.4, -0.2) is 26.4 Å². The Balaban J connectivity index is 1.57. The number of aromatic nitrogens is 3. The van der Waals surface area contributed by atoms with Crippen LogP contribution in [0, 0.1) is 19.8 Å². The van der Waals surface area contributed by atoms with Gasteiger partial charge >= 0.3 is 0 Å². The maximum atomic E-state index is 12.4. The summed E-state index contributed by atoms with van der Waals surface area (Å²) in [6.45, 7) is 7.03. The molecule has 1 saturated carbocycles. The first-order valence-corrected chi connectivity index (χ1v) is 11.0. The molecule has 1 amide bonds. The number of nitrogens with one attached hydrogen (secondary N) is 1. The summed E-state index contributed by atoms with van der Waals surface area (Å²) in [7, 11) is 0. The molecule has 3 rings (SSSR count). The predicted molar refractivity (Wildman–Crippen MR) is 111 cm³/mol. The number of rotatable bonds is 7. The molecular weight excluding hydrogens is 356 g/mol. The van der Waals surface area contributed by atoms with Crippen molar-refractivity contribution in [1.82, 2.24) is 14.8 Å². The quantitative estimate of drug-likeness (QED) is 0.697. The molecule has 0 spiro atoms. The van der Waals surface area contributed by atoms with Crippen molar-refractivity contribution in [3.05, 3.63) is 35.2 Å². The van der Waals surface area contributed by atoms with Crippen LogP contribution in [0.4, 0.5) is 5.69 Å². The minimum Gasteiger partial charge on any atom is -0.325 e. The van der Waals surface area contributed by atoms with Gasteiger partial charge in [0.05, 0.1) is 5.75 Å². The lowest BCUT2D eigenvalue weighted by Crippen LogP contribution is -2.16. The highest BCUT2D eigenvalue weighted by Gasteiger charge is 2.19. The molecule has 6 heteroatoms. The summed E-state index contributed by atoms with van der Waals surface area (Å²) in [5.41, 5.74) is 3.16. The third-order valence-electron chi connectivity index (χ3n) is 5.29. The number of hydrogen-bond donors (Lipinski definition) is 1. The van der Waals surface area contributed by atoms with Gasteiger partial charge in [-0.3, -0.25) is 4.79 Å². The molecule has 0 unspecified atom stereocenters. The Hall–Kier alpha value is -1.82. The summed E-state index contributed by atoms with van der Waals surface area (Å²) >= 11 is 1.47. The van der Waals surface area contributed by atoms with Crippen LogP contribution in [0.1, 0.15) is 56.0 Å². The van der Waals surface area contributed by atoms with Crippen LogP contribution < -0.4 is 5.32 Å². The molecule has 1 aromatic carbocycles. The topological polar surface area (TPSA) is 59.8 Å². The third-order valence-corrected chi connectivity index (χ3v) is 6.26. The zero-order valence-electron chi connectivity index (χ0n) is 16.6. The van der Waals surface area contributed by atoms with Crippen molar-refractivity contribution >= 4 is 23.4 Å². The van der Waals surface area contributed by atoms with E-state index < -0.39 is 0 Å². The third kappa shape index (κ3) is 5.34. The van der Waals surface area contributed by atoms with Crippen molar-refractivity contribution < 1.29 is 4.79 Å². The van der Waals surface area contributed by atoms with Crippen molar-refractivity contribution in [3.8, 4) is 0 Å². The second-order valence-electron chi connectivity index (χ2n) is 7.51. The number of carbonyl (C=O) groups is 1. The molecule has 27 heavy (non-hydrogen) atoms. The number of aryl methyl sites for hydroxylation is 2. The SMILES string of the molecule is CCn1c(CC2CCCCC2)nnc1SCC(=O)Nc1ccc(C)cc1C. The van der Waals surface area contributed by atoms with Gasteiger partial charge in [0.15, 0.2) is 5.16 Å². The van der Waals surface area contributed by atoms with Gasteiger partial charge in [0.1, 0.15) is 5.82 Å². The minimum absolute atomic E-state index is 0.00793. The molecule has 1 aromatic heterocycles. The van der Waals surface area contributed by atoms with Gasteiger partial charge in [-0.25, -0.2) is 0 Å². The molecule has 0 saturated heterocycles. The fourth-order valence-corrected chi connectivity index (χ4v) is 4.64. The molecule has 0 atom stereocenters. The summed E-state index contributed by atoms with van der Waals surface area (Å²) in [5.74, 6) is 2.14. The highest BCUT2D eigenvalue weighted by molar-refractivity contribution is 7.99. The molecule has 0 radical (unpaired) electrons. The van der Waals surface area contributed by atoms with E-state index in [1.165, 1.54) is 49.4 Å². The first-order chi connectivity index (χ1) is 13.1. The van der Waals surface area contributed by atoms with Crippen LogP contribution in [0.25, 0.3) is 0 Å². The molecule has 1 aliphatic carbocycles. The standard InChI is InChI=1S/C21H30N4OS/c1-4-25-19(13-17-8-6-5-7-9-17)23-24-21(25)27-14-20(26)22-18-11-10-15(2)12-16(18)3/h10-12,17H,4-9,13-14H2,1-3H3,(H,22,26). The Bertz CT molecular complexity index is 780. The van der Waals surface area contributed by atoms with E-state index in [1.54, 1.807) is 0 Å². The van der Waals surface area contributed by atoms with Crippen molar-refractivity contribution in [1.29, 1.82) is 0 Å². The Morgan fingerprint density at radius 1 is 1.22 bits per heavy atom. The van der Waals surface area contributed by atoms with E-state index in [-0.39, 0.29) is 5.91 Å². The van der Waals surface area contributed by atoms with Gasteiger partial charge in [-0.15, -0.1) is 10.2 Å². The second kappa shape index (κ2) is 9.40. The molecule has 5 nitrogen and oxygen atoms in total. The van der Waals surface area contributed by atoms with Gasteiger partial charge in [0.2, 0.25) is 5.91 Å². The molecular formula is C21H30N4OS. The number of carbonyl (C=O) groups excluding carboxylic acids is 1. The molecule has 146 valence electrons. The van der Waals surface area contributed by atoms with E-state index in [1.807, 2.05) is 19.1 Å². The summed E-state index contributed by atoms with van der Waals surface area (Å²) in [6.07, 6.45) is 7.66. The Labute approximate surface area is 166 Å². The monoisotopic (exact) mass is 386 g/mol. The van der Waals surface area contributed by atoms with E-state index in [4.69, 9.17) is 0 Å². The number of nitrogens with zero attached hydrogens (tertiary/aromatic N) is 3. The zero-order valence-corrected chi connectivity index (χ0v) is 17.4. The lowest BCUT2D eigenvalue weighted by atomic mass is 9.87. The number of benzene rings is 1. The molecule has 1 fully saturated rings. The van der Waals surface area contributed by atoms with Crippen molar-refractivity contribution in [2.24, 2.45) is 5.92 Å². The van der Waals surface area contributed by atoms with Crippen LogP contribution in [0.2, 0.25) is 0 Å². The van der Waals surface area contributed by atoms with Crippen molar-refractivity contribution in [2.75, 3.05) is 11.1 Å². The van der Waals surface area contributed by atoms with Gasteiger partial charge in [0.25, 0.3) is 0 Å². The average Bonchev–Trinajstić information content (AvgIpc) is 3.04. The summed E-state index contributed by atoms with van der Waals surface area (Å²) in [6, 6.07) is 6.05. The molecule has 0 bridgehead atoms. The van der Waals surface area contributed by atoms with Crippen LogP contribution in [-0.2, 0) is 17.8 Å². The lowest BCUT2D eigenvalue weighted by Gasteiger charge is -2.21. The molecule has 1 heterocycles. The lowest BCUT2D eigenvalue weighted by molar-refractivity contribution is -0.113. The normalized spacial score (nSPS) is 15.1. The maximum Gasteiger partial charge on any atom is 0.234 e. The van der Waals surface area contributed by atoms with Crippen molar-refractivity contribution in [3.63, 3.8) is 0 Å². The number of amides is 1. The summed E-state index contributed by atoms with van der Waals surface area (Å²) < 4.78 is 2.17. The van der Waals surface area contributed by atoms with E-state index in [2.05, 4.69) is 40.0 Å². The summed E-state index contributed by atoms with van der Waals surface area (Å²) in [5, 5.41) is 12.6. The minimum atomic E-state index is -0.00793. The second-order valence-corrected chi connectivity index (χ2v) is 8.45. The number of hydrogen-bond acceptors (Lipinski definition) is 4. The number of thioether (sulfide) groups is 1. The highest BCUT2D eigenvalue weighted by Crippen LogP contribution is 2.27. The first kappa shape index (κ1) is 19.9. The molecule has 1 N–H and O–H groups in total. The van der Waals surface area contributed by atoms with Crippen LogP contribution in [0.15, 0.2) is 23.4 Å². The predicted octanol–water partition coefficient (Wildman–Crippen LogP) is 4.77. The molecule has 1 aliphatic rings. The fourth-order valence-electron chi connectivity index (χ4n) is 3.81. The highest BCUT2D eigenvalue weighted by atomic mass is 32.2. The Morgan fingerprint density at radius 3 is 2.70 bits per heavy atom. The largest absolute Gasteiger partial charge is 0.325 e. The van der Waals surface area contributed by atoms with Gasteiger partial charge in [-0.05, 0) is 38.3 Å². The smallest absolute Gasteiger partial charge is 0.234 e. The van der Waals surface area contributed by atoms with E-state index in [0.29, 0.717) is 5.75 Å². The Morgan fingerprint density at radius 2 is 2.00 bits per heavy atom. The van der Waals surface area contributed by atoms with Gasteiger partial charge < -0.3 is 9.88 Å². The Kier molecular flexibility index (Phi) is 6.94. The van der Waals surface area contributed by atoms with Gasteiger partial charge in [-0.1, -0.05) is 61.6 Å². The molecule has 2 aromatic rings.